The van der Waals surface area contributed by atoms with Crippen LogP contribution in [0.4, 0.5) is 10.5 Å². The van der Waals surface area contributed by atoms with Crippen LogP contribution in [-0.2, 0) is 4.74 Å². The van der Waals surface area contributed by atoms with Gasteiger partial charge < -0.3 is 15.0 Å². The van der Waals surface area contributed by atoms with Gasteiger partial charge in [-0.2, -0.15) is 0 Å². The number of hydrogen-bond donors (Lipinski definition) is 1. The fraction of sp³-hybridized carbons (Fsp3) is 0.611. The molecule has 1 N–H and O–H groups in total. The number of anilines is 1. The fourth-order valence-corrected chi connectivity index (χ4v) is 3.96. The summed E-state index contributed by atoms with van der Waals surface area (Å²) in [6.07, 6.45) is 2.60. The first-order chi connectivity index (χ1) is 11.5. The average Bonchev–Trinajstić information content (AvgIpc) is 2.96. The van der Waals surface area contributed by atoms with Crippen LogP contribution >= 0.6 is 11.6 Å². The van der Waals surface area contributed by atoms with Gasteiger partial charge in [0.25, 0.3) is 0 Å². The van der Waals surface area contributed by atoms with Crippen LogP contribution in [-0.4, -0.2) is 60.3 Å². The van der Waals surface area contributed by atoms with Crippen molar-refractivity contribution >= 4 is 23.3 Å². The Kier molecular flexibility index (Phi) is 5.64. The molecule has 2 amide bonds. The second-order valence-corrected chi connectivity index (χ2v) is 7.28. The maximum absolute atomic E-state index is 12.7. The van der Waals surface area contributed by atoms with Crippen LogP contribution in [0.15, 0.2) is 24.3 Å². The van der Waals surface area contributed by atoms with Crippen molar-refractivity contribution in [1.29, 1.82) is 0 Å². The van der Waals surface area contributed by atoms with Crippen LogP contribution in [0.25, 0.3) is 0 Å². The molecule has 5 nitrogen and oxygen atoms in total. The third kappa shape index (κ3) is 4.21. The third-order valence-electron chi connectivity index (χ3n) is 4.72. The van der Waals surface area contributed by atoms with Crippen LogP contribution in [0.1, 0.15) is 26.7 Å². The fourth-order valence-electron chi connectivity index (χ4n) is 3.77. The number of nitrogens with zero attached hydrogens (tertiary/aromatic N) is 2. The van der Waals surface area contributed by atoms with Gasteiger partial charge in [-0.25, -0.2) is 4.79 Å². The first-order valence-electron chi connectivity index (χ1n) is 8.73. The Morgan fingerprint density at radius 2 is 2.00 bits per heavy atom. The van der Waals surface area contributed by atoms with E-state index >= 15 is 0 Å². The summed E-state index contributed by atoms with van der Waals surface area (Å²) in [5.74, 6) is 0. The average molecular weight is 352 g/mol. The third-order valence-corrected chi connectivity index (χ3v) is 5.05. The van der Waals surface area contributed by atoms with E-state index in [2.05, 4.69) is 24.1 Å². The lowest BCUT2D eigenvalue weighted by Crippen LogP contribution is -2.51. The number of hydrogen-bond acceptors (Lipinski definition) is 3. The quantitative estimate of drug-likeness (QED) is 0.907. The number of benzene rings is 1. The van der Waals surface area contributed by atoms with Crippen LogP contribution in [0.3, 0.4) is 0 Å². The van der Waals surface area contributed by atoms with E-state index in [1.807, 2.05) is 23.1 Å². The number of carbonyl (C=O) groups is 1. The monoisotopic (exact) mass is 351 g/mol. The van der Waals surface area contributed by atoms with Gasteiger partial charge in [0.2, 0.25) is 0 Å². The Balaban J connectivity index is 1.60. The molecule has 2 fully saturated rings. The van der Waals surface area contributed by atoms with Crippen LogP contribution < -0.4 is 5.32 Å². The highest BCUT2D eigenvalue weighted by atomic mass is 35.5. The molecule has 0 saturated carbocycles. The zero-order valence-corrected chi connectivity index (χ0v) is 15.1. The molecule has 1 aromatic carbocycles. The Bertz CT molecular complexity index is 573. The maximum Gasteiger partial charge on any atom is 0.322 e. The number of halogens is 1. The van der Waals surface area contributed by atoms with Gasteiger partial charge >= 0.3 is 6.03 Å². The van der Waals surface area contributed by atoms with Crippen LogP contribution in [0.2, 0.25) is 5.02 Å². The second kappa shape index (κ2) is 7.72. The number of carbonyl (C=O) groups excluding carboxylic acids is 1. The van der Waals surface area contributed by atoms with Crippen molar-refractivity contribution in [3.05, 3.63) is 29.3 Å². The SMILES string of the molecule is C[C@@H]1CN(C[C@H]2CCCN2C(=O)Nc2ccccc2Cl)C[C@@H](C)O1. The predicted molar refractivity (Wildman–Crippen MR) is 96.6 cm³/mol. The number of amides is 2. The first-order valence-corrected chi connectivity index (χ1v) is 9.10. The summed E-state index contributed by atoms with van der Waals surface area (Å²) < 4.78 is 5.80. The number of urea groups is 1. The minimum Gasteiger partial charge on any atom is -0.373 e. The van der Waals surface area contributed by atoms with E-state index < -0.39 is 0 Å². The number of likely N-dealkylation sites (tertiary alicyclic amines) is 1. The summed E-state index contributed by atoms with van der Waals surface area (Å²) >= 11 is 6.14. The molecule has 0 spiro atoms. The molecule has 0 aromatic heterocycles. The van der Waals surface area contributed by atoms with Gasteiger partial charge in [0.1, 0.15) is 0 Å². The topological polar surface area (TPSA) is 44.8 Å². The highest BCUT2D eigenvalue weighted by molar-refractivity contribution is 6.33. The molecule has 3 atom stereocenters. The molecule has 132 valence electrons. The minimum absolute atomic E-state index is 0.0556. The number of ether oxygens (including phenoxy) is 1. The van der Waals surface area contributed by atoms with E-state index in [4.69, 9.17) is 16.3 Å². The number of nitrogens with one attached hydrogen (secondary N) is 1. The molecule has 2 heterocycles. The lowest BCUT2D eigenvalue weighted by molar-refractivity contribution is -0.0712. The molecule has 24 heavy (non-hydrogen) atoms. The normalized spacial score (nSPS) is 28.1. The zero-order valence-electron chi connectivity index (χ0n) is 14.4. The van der Waals surface area contributed by atoms with Gasteiger partial charge in [0.05, 0.1) is 22.9 Å². The standard InChI is InChI=1S/C18H26ClN3O2/c1-13-10-21(11-14(2)24-13)12-15-6-5-9-22(15)18(23)20-17-8-4-3-7-16(17)19/h3-4,7-8,13-15H,5-6,9-12H2,1-2H3,(H,20,23)/t13-,14-,15-/m1/s1. The summed E-state index contributed by atoms with van der Waals surface area (Å²) in [6.45, 7) is 7.80. The first kappa shape index (κ1) is 17.5. The zero-order chi connectivity index (χ0) is 17.1. The van der Waals surface area contributed by atoms with Gasteiger partial charge in [-0.05, 0) is 38.8 Å². The van der Waals surface area contributed by atoms with Crippen LogP contribution in [0, 0.1) is 0 Å². The molecular weight excluding hydrogens is 326 g/mol. The molecule has 1 aromatic rings. The molecule has 0 unspecified atom stereocenters. The van der Waals surface area contributed by atoms with E-state index in [1.54, 1.807) is 6.07 Å². The van der Waals surface area contributed by atoms with Crippen molar-refractivity contribution in [2.24, 2.45) is 0 Å². The van der Waals surface area contributed by atoms with E-state index in [1.165, 1.54) is 0 Å². The van der Waals surface area contributed by atoms with Crippen molar-refractivity contribution < 1.29 is 9.53 Å². The highest BCUT2D eigenvalue weighted by Gasteiger charge is 2.32. The number of morpholine rings is 1. The Morgan fingerprint density at radius 3 is 2.71 bits per heavy atom. The van der Waals surface area contributed by atoms with Crippen molar-refractivity contribution in [3.8, 4) is 0 Å². The largest absolute Gasteiger partial charge is 0.373 e. The Hall–Kier alpha value is -1.30. The molecule has 6 heteroatoms. The van der Waals surface area contributed by atoms with Crippen LogP contribution in [0.5, 0.6) is 0 Å². The Labute approximate surface area is 148 Å². The van der Waals surface area contributed by atoms with Crippen molar-refractivity contribution in [2.45, 2.75) is 44.9 Å². The molecule has 2 aliphatic heterocycles. The maximum atomic E-state index is 12.7. The smallest absolute Gasteiger partial charge is 0.322 e. The Morgan fingerprint density at radius 1 is 1.29 bits per heavy atom. The summed E-state index contributed by atoms with van der Waals surface area (Å²) in [7, 11) is 0. The van der Waals surface area contributed by atoms with Gasteiger partial charge in [0.15, 0.2) is 0 Å². The second-order valence-electron chi connectivity index (χ2n) is 6.88. The molecule has 0 aliphatic carbocycles. The van der Waals surface area contributed by atoms with E-state index in [9.17, 15) is 4.79 Å². The lowest BCUT2D eigenvalue weighted by atomic mass is 10.1. The van der Waals surface area contributed by atoms with Gasteiger partial charge in [0, 0.05) is 32.2 Å². The number of rotatable bonds is 3. The van der Waals surface area contributed by atoms with E-state index in [0.717, 1.165) is 39.0 Å². The molecule has 2 saturated heterocycles. The lowest BCUT2D eigenvalue weighted by Gasteiger charge is -2.38. The summed E-state index contributed by atoms with van der Waals surface area (Å²) in [5.41, 5.74) is 0.670. The van der Waals surface area contributed by atoms with Crippen molar-refractivity contribution in [3.63, 3.8) is 0 Å². The van der Waals surface area contributed by atoms with Gasteiger partial charge in [-0.15, -0.1) is 0 Å². The molecule has 0 bridgehead atoms. The molecule has 2 aliphatic rings. The summed E-state index contributed by atoms with van der Waals surface area (Å²) in [4.78, 5) is 17.0. The predicted octanol–water partition coefficient (Wildman–Crippen LogP) is 3.45. The van der Waals surface area contributed by atoms with Gasteiger partial charge in [-0.1, -0.05) is 23.7 Å². The summed E-state index contributed by atoms with van der Waals surface area (Å²) in [5, 5.41) is 3.52. The van der Waals surface area contributed by atoms with E-state index in [0.29, 0.717) is 10.7 Å². The summed E-state index contributed by atoms with van der Waals surface area (Å²) in [6, 6.07) is 7.55. The molecule has 0 radical (unpaired) electrons. The molecular formula is C18H26ClN3O2. The minimum atomic E-state index is -0.0556. The highest BCUT2D eigenvalue weighted by Crippen LogP contribution is 2.24. The van der Waals surface area contributed by atoms with Crippen molar-refractivity contribution in [2.75, 3.05) is 31.5 Å². The molecule has 3 rings (SSSR count). The number of para-hydroxylation sites is 1. The van der Waals surface area contributed by atoms with Gasteiger partial charge in [-0.3, -0.25) is 4.90 Å². The van der Waals surface area contributed by atoms with E-state index in [-0.39, 0.29) is 24.3 Å². The van der Waals surface area contributed by atoms with Crippen molar-refractivity contribution in [1.82, 2.24) is 9.80 Å².